The van der Waals surface area contributed by atoms with Gasteiger partial charge in [0.05, 0.1) is 5.54 Å². The molecule has 4 nitrogen and oxygen atoms in total. The van der Waals surface area contributed by atoms with Crippen LogP contribution in [0.1, 0.15) is 32.1 Å². The highest BCUT2D eigenvalue weighted by molar-refractivity contribution is 5.89. The number of nitrogens with two attached hydrogens (primary N) is 1. The molecule has 16 heavy (non-hydrogen) atoms. The second-order valence-corrected chi connectivity index (χ2v) is 5.59. The van der Waals surface area contributed by atoms with E-state index >= 15 is 0 Å². The Morgan fingerprint density at radius 1 is 1.19 bits per heavy atom. The number of carbonyl (C=O) groups is 1. The molecule has 3 rings (SSSR count). The van der Waals surface area contributed by atoms with Crippen molar-refractivity contribution in [2.45, 2.75) is 43.7 Å². The van der Waals surface area contributed by atoms with Gasteiger partial charge in [0.2, 0.25) is 5.91 Å². The average molecular weight is 223 g/mol. The molecule has 1 aliphatic carbocycles. The molecule has 0 spiro atoms. The fraction of sp³-hybridized carbons (Fsp3) is 0.917. The Morgan fingerprint density at radius 2 is 1.94 bits per heavy atom. The van der Waals surface area contributed by atoms with Crippen LogP contribution in [0.5, 0.6) is 0 Å². The molecule has 0 aromatic rings. The van der Waals surface area contributed by atoms with Gasteiger partial charge in [-0.3, -0.25) is 9.69 Å². The largest absolute Gasteiger partial charge is 0.339 e. The van der Waals surface area contributed by atoms with E-state index in [1.807, 2.05) is 4.90 Å². The van der Waals surface area contributed by atoms with Crippen molar-refractivity contribution in [2.24, 2.45) is 5.73 Å². The summed E-state index contributed by atoms with van der Waals surface area (Å²) in [4.78, 5) is 16.8. The highest BCUT2D eigenvalue weighted by Gasteiger charge is 2.48. The zero-order chi connectivity index (χ0) is 11.2. The van der Waals surface area contributed by atoms with Crippen molar-refractivity contribution < 1.29 is 4.79 Å². The summed E-state index contributed by atoms with van der Waals surface area (Å²) in [5, 5.41) is 0. The van der Waals surface area contributed by atoms with Crippen molar-refractivity contribution in [3.63, 3.8) is 0 Å². The predicted octanol–water partition coefficient (Wildman–Crippen LogP) is 0.174. The minimum absolute atomic E-state index is 0.209. The molecule has 0 aromatic heterocycles. The third-order valence-electron chi connectivity index (χ3n) is 4.31. The summed E-state index contributed by atoms with van der Waals surface area (Å²) >= 11 is 0. The van der Waals surface area contributed by atoms with E-state index in [9.17, 15) is 4.79 Å². The molecule has 4 heteroatoms. The lowest BCUT2D eigenvalue weighted by Crippen LogP contribution is -2.48. The number of rotatable bonds is 1. The van der Waals surface area contributed by atoms with Crippen LogP contribution in [-0.4, -0.2) is 53.5 Å². The molecular weight excluding hydrogens is 202 g/mol. The number of hydrogen-bond acceptors (Lipinski definition) is 3. The van der Waals surface area contributed by atoms with Gasteiger partial charge < -0.3 is 10.6 Å². The first kappa shape index (κ1) is 10.5. The van der Waals surface area contributed by atoms with Crippen LogP contribution in [0.2, 0.25) is 0 Å². The van der Waals surface area contributed by atoms with E-state index in [0.29, 0.717) is 6.04 Å². The van der Waals surface area contributed by atoms with Crippen molar-refractivity contribution >= 4 is 5.91 Å². The Bertz CT molecular complexity index is 301. The quantitative estimate of drug-likeness (QED) is 0.689. The summed E-state index contributed by atoms with van der Waals surface area (Å²) in [5.41, 5.74) is 5.53. The number of nitrogens with zero attached hydrogens (tertiary/aromatic N) is 2. The third kappa shape index (κ3) is 1.74. The lowest BCUT2D eigenvalue weighted by molar-refractivity contribution is -0.133. The standard InChI is InChI=1S/C12H21N3O/c13-12(4-5-12)11(16)15-8-2-7-14-6-1-3-10(14)9-15/h10H,1-9,13H2. The lowest BCUT2D eigenvalue weighted by Gasteiger charge is -2.27. The SMILES string of the molecule is NC1(C(=O)N2CCCN3CCCC3C2)CC1. The van der Waals surface area contributed by atoms with Crippen LogP contribution in [0, 0.1) is 0 Å². The van der Waals surface area contributed by atoms with Gasteiger partial charge in [-0.1, -0.05) is 0 Å². The van der Waals surface area contributed by atoms with Crippen LogP contribution in [0.25, 0.3) is 0 Å². The molecule has 2 saturated heterocycles. The van der Waals surface area contributed by atoms with E-state index in [1.54, 1.807) is 0 Å². The van der Waals surface area contributed by atoms with Crippen LogP contribution >= 0.6 is 0 Å². The Balaban J connectivity index is 1.69. The first-order chi connectivity index (χ1) is 7.69. The summed E-state index contributed by atoms with van der Waals surface area (Å²) in [7, 11) is 0. The van der Waals surface area contributed by atoms with Gasteiger partial charge in [-0.05, 0) is 38.6 Å². The van der Waals surface area contributed by atoms with Crippen LogP contribution in [0.3, 0.4) is 0 Å². The maximum Gasteiger partial charge on any atom is 0.242 e. The molecule has 3 aliphatic rings. The highest BCUT2D eigenvalue weighted by atomic mass is 16.2. The molecule has 90 valence electrons. The van der Waals surface area contributed by atoms with Crippen LogP contribution in [0.4, 0.5) is 0 Å². The molecule has 1 atom stereocenters. The van der Waals surface area contributed by atoms with Crippen molar-refractivity contribution in [1.29, 1.82) is 0 Å². The molecule has 1 amide bonds. The fourth-order valence-corrected chi connectivity index (χ4v) is 3.05. The number of hydrogen-bond donors (Lipinski definition) is 1. The molecule has 1 saturated carbocycles. The van der Waals surface area contributed by atoms with Gasteiger partial charge in [-0.2, -0.15) is 0 Å². The zero-order valence-electron chi connectivity index (χ0n) is 9.82. The second kappa shape index (κ2) is 3.70. The molecule has 0 bridgehead atoms. The summed E-state index contributed by atoms with van der Waals surface area (Å²) in [6, 6.07) is 0.605. The smallest absolute Gasteiger partial charge is 0.242 e. The third-order valence-corrected chi connectivity index (χ3v) is 4.31. The first-order valence-corrected chi connectivity index (χ1v) is 6.51. The van der Waals surface area contributed by atoms with Crippen LogP contribution < -0.4 is 5.73 Å². The second-order valence-electron chi connectivity index (χ2n) is 5.59. The van der Waals surface area contributed by atoms with E-state index in [0.717, 1.165) is 38.9 Å². The molecule has 0 aromatic carbocycles. The van der Waals surface area contributed by atoms with E-state index < -0.39 is 5.54 Å². The van der Waals surface area contributed by atoms with Gasteiger partial charge in [-0.15, -0.1) is 0 Å². The maximum absolute atomic E-state index is 12.2. The van der Waals surface area contributed by atoms with Gasteiger partial charge in [0.25, 0.3) is 0 Å². The van der Waals surface area contributed by atoms with E-state index in [4.69, 9.17) is 5.73 Å². The Morgan fingerprint density at radius 3 is 2.69 bits per heavy atom. The summed E-state index contributed by atoms with van der Waals surface area (Å²) in [5.74, 6) is 0.209. The van der Waals surface area contributed by atoms with Gasteiger partial charge in [-0.25, -0.2) is 0 Å². The van der Waals surface area contributed by atoms with E-state index in [2.05, 4.69) is 4.90 Å². The molecule has 2 heterocycles. The molecule has 3 fully saturated rings. The number of fused-ring (bicyclic) bond motifs is 1. The summed E-state index contributed by atoms with van der Waals surface area (Å²) in [6.07, 6.45) is 5.42. The van der Waals surface area contributed by atoms with Gasteiger partial charge in [0.1, 0.15) is 0 Å². The Labute approximate surface area is 96.8 Å². The zero-order valence-corrected chi connectivity index (χ0v) is 9.82. The van der Waals surface area contributed by atoms with Crippen LogP contribution in [-0.2, 0) is 4.79 Å². The van der Waals surface area contributed by atoms with Gasteiger partial charge in [0.15, 0.2) is 0 Å². The van der Waals surface area contributed by atoms with Crippen molar-refractivity contribution in [3.05, 3.63) is 0 Å². The topological polar surface area (TPSA) is 49.6 Å². The van der Waals surface area contributed by atoms with Crippen molar-refractivity contribution in [2.75, 3.05) is 26.2 Å². The van der Waals surface area contributed by atoms with Crippen molar-refractivity contribution in [3.8, 4) is 0 Å². The fourth-order valence-electron chi connectivity index (χ4n) is 3.05. The summed E-state index contributed by atoms with van der Waals surface area (Å²) < 4.78 is 0. The molecule has 2 aliphatic heterocycles. The van der Waals surface area contributed by atoms with Crippen LogP contribution in [0.15, 0.2) is 0 Å². The molecule has 1 unspecified atom stereocenters. The normalized spacial score (nSPS) is 33.3. The van der Waals surface area contributed by atoms with Gasteiger partial charge in [0, 0.05) is 25.7 Å². The molecule has 2 N–H and O–H groups in total. The maximum atomic E-state index is 12.2. The summed E-state index contributed by atoms with van der Waals surface area (Å²) in [6.45, 7) is 4.20. The minimum Gasteiger partial charge on any atom is -0.339 e. The minimum atomic E-state index is -0.478. The van der Waals surface area contributed by atoms with E-state index in [1.165, 1.54) is 19.4 Å². The Kier molecular flexibility index (Phi) is 2.44. The first-order valence-electron chi connectivity index (χ1n) is 6.51. The highest BCUT2D eigenvalue weighted by Crippen LogP contribution is 2.35. The average Bonchev–Trinajstić information content (AvgIpc) is 2.94. The lowest BCUT2D eigenvalue weighted by atomic mass is 10.2. The molecular formula is C12H21N3O. The number of amides is 1. The van der Waals surface area contributed by atoms with Crippen molar-refractivity contribution in [1.82, 2.24) is 9.80 Å². The monoisotopic (exact) mass is 223 g/mol. The predicted molar refractivity (Wildman–Crippen MR) is 61.9 cm³/mol. The Hall–Kier alpha value is -0.610. The number of carbonyl (C=O) groups excluding carboxylic acids is 1. The molecule has 0 radical (unpaired) electrons. The van der Waals surface area contributed by atoms with E-state index in [-0.39, 0.29) is 5.91 Å². The van der Waals surface area contributed by atoms with Gasteiger partial charge >= 0.3 is 0 Å².